The van der Waals surface area contributed by atoms with E-state index in [-0.39, 0.29) is 5.84 Å². The Kier molecular flexibility index (Phi) is 5.44. The molecule has 0 heterocycles. The summed E-state index contributed by atoms with van der Waals surface area (Å²) in [6.45, 7) is 3.03. The molecule has 21 heavy (non-hydrogen) atoms. The van der Waals surface area contributed by atoms with E-state index in [2.05, 4.69) is 17.4 Å². The molecule has 0 amide bonds. The van der Waals surface area contributed by atoms with Crippen molar-refractivity contribution < 1.29 is 9.94 Å². The number of rotatable bonds is 6. The van der Waals surface area contributed by atoms with Crippen LogP contribution in [0.3, 0.4) is 0 Å². The molecule has 1 aromatic carbocycles. The summed E-state index contributed by atoms with van der Waals surface area (Å²) in [5, 5.41) is 15.5. The first kappa shape index (κ1) is 15.6. The quantitative estimate of drug-likeness (QED) is 0.325. The predicted molar refractivity (Wildman–Crippen MR) is 83.8 cm³/mol. The molecule has 0 saturated heterocycles. The fourth-order valence-corrected chi connectivity index (χ4v) is 3.02. The molecule has 0 radical (unpaired) electrons. The Bertz CT molecular complexity index is 496. The van der Waals surface area contributed by atoms with Gasteiger partial charge in [0.05, 0.1) is 12.7 Å². The summed E-state index contributed by atoms with van der Waals surface area (Å²) >= 11 is 0. The number of amidine groups is 1. The number of benzene rings is 1. The molecule has 0 aromatic heterocycles. The average molecular weight is 291 g/mol. The van der Waals surface area contributed by atoms with E-state index >= 15 is 0 Å². The van der Waals surface area contributed by atoms with E-state index in [0.717, 1.165) is 18.0 Å². The van der Waals surface area contributed by atoms with Crippen LogP contribution in [-0.2, 0) is 6.54 Å². The zero-order valence-electron chi connectivity index (χ0n) is 12.8. The van der Waals surface area contributed by atoms with Crippen molar-refractivity contribution in [2.75, 3.05) is 7.11 Å². The van der Waals surface area contributed by atoms with Crippen LogP contribution in [0.15, 0.2) is 23.4 Å². The molecule has 0 spiro atoms. The van der Waals surface area contributed by atoms with Crippen molar-refractivity contribution in [3.8, 4) is 5.75 Å². The number of nitrogens with two attached hydrogens (primary N) is 1. The highest BCUT2D eigenvalue weighted by Crippen LogP contribution is 2.27. The lowest BCUT2D eigenvalue weighted by Crippen LogP contribution is -2.31. The van der Waals surface area contributed by atoms with E-state index in [1.807, 2.05) is 18.2 Å². The number of hydrogen-bond acceptors (Lipinski definition) is 4. The molecule has 0 aliphatic heterocycles. The maximum absolute atomic E-state index is 8.85. The number of nitrogens with zero attached hydrogens (tertiary/aromatic N) is 1. The lowest BCUT2D eigenvalue weighted by Gasteiger charge is -2.20. The highest BCUT2D eigenvalue weighted by atomic mass is 16.5. The molecule has 0 bridgehead atoms. The molecule has 1 atom stereocenters. The van der Waals surface area contributed by atoms with Crippen LogP contribution in [0.5, 0.6) is 5.75 Å². The minimum atomic E-state index is 0.0672. The third-order valence-corrected chi connectivity index (χ3v) is 4.38. The van der Waals surface area contributed by atoms with Crippen molar-refractivity contribution >= 4 is 5.84 Å². The van der Waals surface area contributed by atoms with Gasteiger partial charge in [0.25, 0.3) is 0 Å². The van der Waals surface area contributed by atoms with Crippen LogP contribution in [0.25, 0.3) is 0 Å². The second kappa shape index (κ2) is 7.31. The van der Waals surface area contributed by atoms with Crippen LogP contribution >= 0.6 is 0 Å². The molecule has 1 aromatic rings. The van der Waals surface area contributed by atoms with Gasteiger partial charge in [-0.25, -0.2) is 0 Å². The second-order valence-corrected chi connectivity index (χ2v) is 5.73. The van der Waals surface area contributed by atoms with Gasteiger partial charge in [-0.2, -0.15) is 0 Å². The van der Waals surface area contributed by atoms with Gasteiger partial charge in [0, 0.05) is 12.6 Å². The molecule has 1 aliphatic carbocycles. The summed E-state index contributed by atoms with van der Waals surface area (Å²) in [6.07, 6.45) is 5.36. The van der Waals surface area contributed by atoms with Gasteiger partial charge < -0.3 is 21.0 Å². The second-order valence-electron chi connectivity index (χ2n) is 5.73. The van der Waals surface area contributed by atoms with Gasteiger partial charge in [0.1, 0.15) is 5.75 Å². The summed E-state index contributed by atoms with van der Waals surface area (Å²) in [4.78, 5) is 0. The molecular formula is C16H25N3O2. The fourth-order valence-electron chi connectivity index (χ4n) is 3.02. The average Bonchev–Trinajstić information content (AvgIpc) is 3.06. The molecule has 116 valence electrons. The highest BCUT2D eigenvalue weighted by Gasteiger charge is 2.21. The van der Waals surface area contributed by atoms with Gasteiger partial charge in [0.2, 0.25) is 0 Å². The Labute approximate surface area is 126 Å². The highest BCUT2D eigenvalue weighted by molar-refractivity contribution is 5.99. The first-order valence-electron chi connectivity index (χ1n) is 7.54. The molecule has 4 N–H and O–H groups in total. The van der Waals surface area contributed by atoms with Crippen LogP contribution in [-0.4, -0.2) is 24.2 Å². The lowest BCUT2D eigenvalue weighted by molar-refractivity contribution is 0.318. The largest absolute Gasteiger partial charge is 0.496 e. The fraction of sp³-hybridized carbons (Fsp3) is 0.562. The molecule has 5 nitrogen and oxygen atoms in total. The maximum Gasteiger partial charge on any atom is 0.173 e. The summed E-state index contributed by atoms with van der Waals surface area (Å²) in [5.41, 5.74) is 7.41. The minimum Gasteiger partial charge on any atom is -0.496 e. The van der Waals surface area contributed by atoms with Crippen molar-refractivity contribution in [3.05, 3.63) is 29.3 Å². The molecule has 5 heteroatoms. The van der Waals surface area contributed by atoms with E-state index in [0.29, 0.717) is 17.4 Å². The first-order valence-corrected chi connectivity index (χ1v) is 7.54. The van der Waals surface area contributed by atoms with E-state index in [4.69, 9.17) is 15.7 Å². The summed E-state index contributed by atoms with van der Waals surface area (Å²) < 4.78 is 5.24. The van der Waals surface area contributed by atoms with E-state index in [1.165, 1.54) is 25.7 Å². The SMILES string of the molecule is COc1ccc(CN[C@H](C)C2CCCC2)cc1/C(N)=N/O. The summed E-state index contributed by atoms with van der Waals surface area (Å²) in [7, 11) is 1.57. The van der Waals surface area contributed by atoms with Gasteiger partial charge in [-0.1, -0.05) is 24.1 Å². The minimum absolute atomic E-state index is 0.0672. The van der Waals surface area contributed by atoms with Gasteiger partial charge in [-0.05, 0) is 43.4 Å². The van der Waals surface area contributed by atoms with Gasteiger partial charge in [0.15, 0.2) is 5.84 Å². The maximum atomic E-state index is 8.85. The standard InChI is InChI=1S/C16H25N3O2/c1-11(13-5-3-4-6-13)18-10-12-7-8-15(21-2)14(9-12)16(17)19-20/h7-9,11,13,18,20H,3-6,10H2,1-2H3,(H2,17,19)/t11-/m1/s1. The lowest BCUT2D eigenvalue weighted by atomic mass is 9.99. The van der Waals surface area contributed by atoms with E-state index < -0.39 is 0 Å². The Balaban J connectivity index is 2.03. The van der Waals surface area contributed by atoms with Crippen molar-refractivity contribution in [2.24, 2.45) is 16.8 Å². The van der Waals surface area contributed by atoms with Crippen LogP contribution < -0.4 is 15.8 Å². The topological polar surface area (TPSA) is 79.9 Å². The third-order valence-electron chi connectivity index (χ3n) is 4.38. The van der Waals surface area contributed by atoms with Crippen molar-refractivity contribution in [1.29, 1.82) is 0 Å². The molecular weight excluding hydrogens is 266 g/mol. The zero-order valence-corrected chi connectivity index (χ0v) is 12.8. The van der Waals surface area contributed by atoms with E-state index in [1.54, 1.807) is 7.11 Å². The molecule has 1 fully saturated rings. The van der Waals surface area contributed by atoms with Crippen LogP contribution in [0.2, 0.25) is 0 Å². The van der Waals surface area contributed by atoms with Gasteiger partial charge in [-0.3, -0.25) is 0 Å². The molecule has 1 aliphatic rings. The zero-order chi connectivity index (χ0) is 15.2. The van der Waals surface area contributed by atoms with Gasteiger partial charge in [-0.15, -0.1) is 0 Å². The number of nitrogens with one attached hydrogen (secondary N) is 1. The van der Waals surface area contributed by atoms with Crippen molar-refractivity contribution in [3.63, 3.8) is 0 Å². The Hall–Kier alpha value is -1.75. The van der Waals surface area contributed by atoms with Crippen LogP contribution in [0.1, 0.15) is 43.7 Å². The van der Waals surface area contributed by atoms with Crippen molar-refractivity contribution in [1.82, 2.24) is 5.32 Å². The number of oxime groups is 1. The molecule has 1 saturated carbocycles. The smallest absolute Gasteiger partial charge is 0.173 e. The summed E-state index contributed by atoms with van der Waals surface area (Å²) in [5.74, 6) is 1.46. The molecule has 2 rings (SSSR count). The molecule has 0 unspecified atom stereocenters. The predicted octanol–water partition coefficient (Wildman–Crippen LogP) is 2.46. The van der Waals surface area contributed by atoms with Gasteiger partial charge >= 0.3 is 0 Å². The Morgan fingerprint density at radius 3 is 2.81 bits per heavy atom. The first-order chi connectivity index (χ1) is 10.2. The van der Waals surface area contributed by atoms with E-state index in [9.17, 15) is 0 Å². The monoisotopic (exact) mass is 291 g/mol. The van der Waals surface area contributed by atoms with Crippen LogP contribution in [0, 0.1) is 5.92 Å². The summed E-state index contributed by atoms with van der Waals surface area (Å²) in [6, 6.07) is 6.27. The Morgan fingerprint density at radius 1 is 1.48 bits per heavy atom. The number of methoxy groups -OCH3 is 1. The number of hydrogen-bond donors (Lipinski definition) is 3. The Morgan fingerprint density at radius 2 is 2.19 bits per heavy atom. The third kappa shape index (κ3) is 3.88. The normalized spacial score (nSPS) is 17.9. The van der Waals surface area contributed by atoms with Crippen molar-refractivity contribution in [2.45, 2.75) is 45.2 Å². The number of ether oxygens (including phenoxy) is 1. The van der Waals surface area contributed by atoms with Crippen LogP contribution in [0.4, 0.5) is 0 Å².